The van der Waals surface area contributed by atoms with Gasteiger partial charge in [0.05, 0.1) is 48.2 Å². The van der Waals surface area contributed by atoms with E-state index >= 15 is 0 Å². The van der Waals surface area contributed by atoms with E-state index in [1.165, 1.54) is 16.7 Å². The summed E-state index contributed by atoms with van der Waals surface area (Å²) >= 11 is 8.16. The molecule has 9 nitrogen and oxygen atoms in total. The van der Waals surface area contributed by atoms with E-state index in [-0.39, 0.29) is 24.1 Å². The number of para-hydroxylation sites is 1. The van der Waals surface area contributed by atoms with Crippen molar-refractivity contribution in [2.45, 2.75) is 5.25 Å². The lowest BCUT2D eigenvalue weighted by molar-refractivity contribution is -0.123. The van der Waals surface area contributed by atoms with Gasteiger partial charge in [0, 0.05) is 30.3 Å². The Labute approximate surface area is 253 Å². The van der Waals surface area contributed by atoms with Gasteiger partial charge in [-0.05, 0) is 30.3 Å². The van der Waals surface area contributed by atoms with Crippen molar-refractivity contribution in [3.8, 4) is 28.4 Å². The number of thioether (sulfide) groups is 1. The zero-order valence-corrected chi connectivity index (χ0v) is 25.1. The van der Waals surface area contributed by atoms with Crippen molar-refractivity contribution >= 4 is 41.0 Å². The van der Waals surface area contributed by atoms with Crippen molar-refractivity contribution in [1.29, 1.82) is 0 Å². The van der Waals surface area contributed by atoms with E-state index in [4.69, 9.17) is 30.9 Å². The van der Waals surface area contributed by atoms with Crippen LogP contribution in [0, 0.1) is 0 Å². The number of amides is 2. The Hall–Kier alpha value is -3.99. The third kappa shape index (κ3) is 5.97. The van der Waals surface area contributed by atoms with Crippen LogP contribution in [0.1, 0.15) is 16.4 Å². The van der Waals surface area contributed by atoms with Gasteiger partial charge in [-0.1, -0.05) is 54.1 Å². The molecule has 218 valence electrons. The number of halogens is 1. The summed E-state index contributed by atoms with van der Waals surface area (Å²) in [5.74, 6) is 1.32. The summed E-state index contributed by atoms with van der Waals surface area (Å²) in [7, 11) is 4.78. The van der Waals surface area contributed by atoms with Gasteiger partial charge >= 0.3 is 0 Å². The molecule has 1 atom stereocenters. The number of aromatic nitrogens is 2. The molecular formula is C31H31ClN4O5S. The molecule has 4 aromatic rings. The van der Waals surface area contributed by atoms with E-state index in [1.807, 2.05) is 66.7 Å². The van der Waals surface area contributed by atoms with Crippen molar-refractivity contribution in [2.75, 3.05) is 51.7 Å². The Morgan fingerprint density at radius 2 is 1.81 bits per heavy atom. The van der Waals surface area contributed by atoms with Crippen molar-refractivity contribution in [1.82, 2.24) is 15.1 Å². The van der Waals surface area contributed by atoms with Gasteiger partial charge in [0.1, 0.15) is 23.9 Å². The van der Waals surface area contributed by atoms with Crippen LogP contribution in [0.25, 0.3) is 16.9 Å². The second-order valence-electron chi connectivity index (χ2n) is 9.44. The van der Waals surface area contributed by atoms with Gasteiger partial charge in [0.2, 0.25) is 11.8 Å². The summed E-state index contributed by atoms with van der Waals surface area (Å²) in [5.41, 5.74) is 3.67. The van der Waals surface area contributed by atoms with E-state index in [0.717, 1.165) is 16.7 Å². The molecule has 5 rings (SSSR count). The van der Waals surface area contributed by atoms with E-state index in [1.54, 1.807) is 32.1 Å². The van der Waals surface area contributed by atoms with Crippen LogP contribution in [0.5, 0.6) is 11.5 Å². The van der Waals surface area contributed by atoms with Crippen molar-refractivity contribution in [2.24, 2.45) is 0 Å². The third-order valence-electron chi connectivity index (χ3n) is 6.87. The molecule has 0 aliphatic carbocycles. The van der Waals surface area contributed by atoms with Gasteiger partial charge in [-0.2, -0.15) is 5.10 Å². The van der Waals surface area contributed by atoms with Gasteiger partial charge in [0.15, 0.2) is 0 Å². The Bertz CT molecular complexity index is 1580. The molecule has 0 radical (unpaired) electrons. The first-order chi connectivity index (χ1) is 20.5. The standard InChI is InChI=1S/C31H31ClN4O5S/c1-39-16-15-33-26(37)18-35-27(38)19-42-30(22-17-21(40-2)13-14-25(22)41-3)28-29(20-9-5-4-6-10-20)34-36(31(28)35)24-12-8-7-11-23(24)32/h4-14,17,30H,15-16,18-19H2,1-3H3,(H,33,37)/t30-/m1/s1. The predicted octanol–water partition coefficient (Wildman–Crippen LogP) is 5.14. The van der Waals surface area contributed by atoms with E-state index in [0.29, 0.717) is 46.9 Å². The predicted molar refractivity (Wildman–Crippen MR) is 165 cm³/mol. The number of hydrogen-bond donors (Lipinski definition) is 1. The number of nitrogens with zero attached hydrogens (tertiary/aromatic N) is 3. The summed E-state index contributed by atoms with van der Waals surface area (Å²) in [6.45, 7) is 0.471. The summed E-state index contributed by atoms with van der Waals surface area (Å²) in [4.78, 5) is 28.5. The first-order valence-electron chi connectivity index (χ1n) is 13.3. The van der Waals surface area contributed by atoms with E-state index < -0.39 is 5.25 Å². The van der Waals surface area contributed by atoms with Gasteiger partial charge in [-0.15, -0.1) is 11.8 Å². The lowest BCUT2D eigenvalue weighted by atomic mass is 9.98. The largest absolute Gasteiger partial charge is 0.497 e. The number of benzene rings is 3. The molecular weight excluding hydrogens is 576 g/mol. The zero-order chi connectivity index (χ0) is 29.6. The average Bonchev–Trinajstić information content (AvgIpc) is 3.33. The van der Waals surface area contributed by atoms with E-state index in [2.05, 4.69) is 5.32 Å². The molecule has 0 saturated heterocycles. The first kappa shape index (κ1) is 29.5. The smallest absolute Gasteiger partial charge is 0.240 e. The number of hydrogen-bond acceptors (Lipinski definition) is 7. The van der Waals surface area contributed by atoms with Gasteiger partial charge < -0.3 is 19.5 Å². The summed E-state index contributed by atoms with van der Waals surface area (Å²) < 4.78 is 18.1. The molecule has 0 fully saturated rings. The Morgan fingerprint density at radius 3 is 2.52 bits per heavy atom. The molecule has 1 aliphatic rings. The highest BCUT2D eigenvalue weighted by Gasteiger charge is 2.39. The van der Waals surface area contributed by atoms with Gasteiger partial charge in [-0.3, -0.25) is 14.5 Å². The van der Waals surface area contributed by atoms with Crippen molar-refractivity contribution in [3.05, 3.63) is 88.9 Å². The molecule has 42 heavy (non-hydrogen) atoms. The van der Waals surface area contributed by atoms with Crippen molar-refractivity contribution < 1.29 is 23.8 Å². The Balaban J connectivity index is 1.80. The number of fused-ring (bicyclic) bond motifs is 1. The molecule has 11 heteroatoms. The number of methoxy groups -OCH3 is 3. The molecule has 1 aromatic heterocycles. The number of anilines is 1. The fourth-order valence-electron chi connectivity index (χ4n) is 4.90. The second-order valence-corrected chi connectivity index (χ2v) is 10.9. The number of carbonyl (C=O) groups excluding carboxylic acids is 2. The monoisotopic (exact) mass is 606 g/mol. The lowest BCUT2D eigenvalue weighted by Crippen LogP contribution is -2.43. The SMILES string of the molecule is COCCNC(=O)CN1C(=O)CS[C@H](c2cc(OC)ccc2OC)c2c(-c3ccccc3)nn(-c3ccccc3Cl)c21. The zero-order valence-electron chi connectivity index (χ0n) is 23.5. The lowest BCUT2D eigenvalue weighted by Gasteiger charge is -2.24. The molecule has 0 spiro atoms. The minimum atomic E-state index is -0.401. The van der Waals surface area contributed by atoms with Crippen LogP contribution < -0.4 is 19.7 Å². The van der Waals surface area contributed by atoms with Gasteiger partial charge in [-0.25, -0.2) is 4.68 Å². The minimum absolute atomic E-state index is 0.113. The minimum Gasteiger partial charge on any atom is -0.497 e. The average molecular weight is 607 g/mol. The topological polar surface area (TPSA) is 94.9 Å². The van der Waals surface area contributed by atoms with Crippen LogP contribution in [-0.2, 0) is 14.3 Å². The quantitative estimate of drug-likeness (QED) is 0.250. The maximum absolute atomic E-state index is 13.9. The van der Waals surface area contributed by atoms with Crippen LogP contribution in [-0.4, -0.2) is 68.4 Å². The number of ether oxygens (including phenoxy) is 3. The molecule has 1 aliphatic heterocycles. The third-order valence-corrected chi connectivity index (χ3v) is 8.42. The molecule has 1 N–H and O–H groups in total. The van der Waals surface area contributed by atoms with Crippen LogP contribution in [0.2, 0.25) is 5.02 Å². The number of rotatable bonds is 10. The van der Waals surface area contributed by atoms with Crippen LogP contribution >= 0.6 is 23.4 Å². The molecule has 0 bridgehead atoms. The highest BCUT2D eigenvalue weighted by Crippen LogP contribution is 2.51. The highest BCUT2D eigenvalue weighted by atomic mass is 35.5. The fourth-order valence-corrected chi connectivity index (χ4v) is 6.33. The van der Waals surface area contributed by atoms with E-state index in [9.17, 15) is 9.59 Å². The molecule has 2 heterocycles. The van der Waals surface area contributed by atoms with Crippen LogP contribution in [0.15, 0.2) is 72.8 Å². The molecule has 3 aromatic carbocycles. The summed E-state index contributed by atoms with van der Waals surface area (Å²) in [6, 6.07) is 22.6. The van der Waals surface area contributed by atoms with Crippen molar-refractivity contribution in [3.63, 3.8) is 0 Å². The normalized spacial score (nSPS) is 14.7. The Kier molecular flexibility index (Phi) is 9.36. The first-order valence-corrected chi connectivity index (χ1v) is 14.7. The summed E-state index contributed by atoms with van der Waals surface area (Å²) in [6.07, 6.45) is 0. The molecule has 0 saturated carbocycles. The summed E-state index contributed by atoms with van der Waals surface area (Å²) in [5, 5.41) is 7.96. The maximum Gasteiger partial charge on any atom is 0.240 e. The molecule has 2 amide bonds. The maximum atomic E-state index is 13.9. The fraction of sp³-hybridized carbons (Fsp3) is 0.258. The number of nitrogens with one attached hydrogen (secondary N) is 1. The second kappa shape index (κ2) is 13.3. The highest BCUT2D eigenvalue weighted by molar-refractivity contribution is 8.00. The number of carbonyl (C=O) groups is 2. The molecule has 0 unspecified atom stereocenters. The van der Waals surface area contributed by atoms with Gasteiger partial charge in [0.25, 0.3) is 0 Å². The van der Waals surface area contributed by atoms with Crippen LogP contribution in [0.3, 0.4) is 0 Å². The van der Waals surface area contributed by atoms with Crippen LogP contribution in [0.4, 0.5) is 5.82 Å². The Morgan fingerprint density at radius 1 is 1.05 bits per heavy atom.